The fourth-order valence-corrected chi connectivity index (χ4v) is 5.55. The number of hydrogen-bond donors (Lipinski definition) is 5. The number of allylic oxidation sites excluding steroid dienone is 1. The summed E-state index contributed by atoms with van der Waals surface area (Å²) >= 11 is 0.594. The number of Topliss-reactive ketones (excluding diaryl/α,β-unsaturated/α-hetero) is 2. The SMILES string of the molecule is C[C@H](O)C(=N)NS(=O)(=O)c1ccc(C(=O)C(C(=O)c2cccc(F)c2)=C2Nc3ccccc3N2)s1. The molecule has 35 heavy (non-hydrogen) atoms. The Morgan fingerprint density at radius 1 is 1.03 bits per heavy atom. The van der Waals surface area contributed by atoms with Crippen LogP contribution in [0.4, 0.5) is 15.8 Å². The zero-order chi connectivity index (χ0) is 25.3. The van der Waals surface area contributed by atoms with Crippen molar-refractivity contribution in [3.05, 3.63) is 88.3 Å². The van der Waals surface area contributed by atoms with Gasteiger partial charge < -0.3 is 15.7 Å². The number of para-hydroxylation sites is 2. The molecule has 0 bridgehead atoms. The Morgan fingerprint density at radius 2 is 1.69 bits per heavy atom. The van der Waals surface area contributed by atoms with Crippen LogP contribution in [0.1, 0.15) is 27.0 Å². The first-order chi connectivity index (χ1) is 16.6. The molecule has 4 rings (SSSR count). The molecule has 5 N–H and O–H groups in total. The number of aliphatic hydroxyl groups is 1. The average Bonchev–Trinajstić information content (AvgIpc) is 3.46. The summed E-state index contributed by atoms with van der Waals surface area (Å²) in [6, 6.07) is 14.3. The molecule has 0 unspecified atom stereocenters. The summed E-state index contributed by atoms with van der Waals surface area (Å²) in [5, 5.41) is 22.9. The Kier molecular flexibility index (Phi) is 6.52. The predicted molar refractivity (Wildman–Crippen MR) is 130 cm³/mol. The molecule has 1 aliphatic heterocycles. The number of rotatable bonds is 7. The number of amidine groups is 1. The van der Waals surface area contributed by atoms with E-state index >= 15 is 0 Å². The van der Waals surface area contributed by atoms with Crippen LogP contribution in [0.25, 0.3) is 0 Å². The molecule has 1 aliphatic rings. The number of aliphatic hydroxyl groups excluding tert-OH is 1. The van der Waals surface area contributed by atoms with E-state index in [4.69, 9.17) is 5.41 Å². The lowest BCUT2D eigenvalue weighted by molar-refractivity contribution is 0.0963. The molecule has 0 spiro atoms. The molecule has 1 atom stereocenters. The van der Waals surface area contributed by atoms with Gasteiger partial charge in [-0.2, -0.15) is 0 Å². The van der Waals surface area contributed by atoms with Gasteiger partial charge in [0.2, 0.25) is 11.6 Å². The number of nitrogens with one attached hydrogen (secondary N) is 4. The standard InChI is InChI=1S/C23H19FN4O5S2/c1-12(29)22(25)28-35(32,33)18-10-9-17(34-18)21(31)19(20(30)13-5-4-6-14(24)11-13)23-26-15-7-2-3-8-16(15)27-23/h2-12,26-27,29H,1H3,(H2,25,28)/t12-/m0/s1. The third kappa shape index (κ3) is 4.99. The highest BCUT2D eigenvalue weighted by Crippen LogP contribution is 2.33. The van der Waals surface area contributed by atoms with Crippen LogP contribution in [0.15, 0.2) is 76.3 Å². The van der Waals surface area contributed by atoms with Crippen LogP contribution in [-0.4, -0.2) is 37.0 Å². The molecule has 0 radical (unpaired) electrons. The van der Waals surface area contributed by atoms with E-state index in [9.17, 15) is 27.5 Å². The lowest BCUT2D eigenvalue weighted by Crippen LogP contribution is -2.36. The van der Waals surface area contributed by atoms with Crippen LogP contribution in [-0.2, 0) is 10.0 Å². The monoisotopic (exact) mass is 514 g/mol. The maximum Gasteiger partial charge on any atom is 0.272 e. The Labute approximate surface area is 203 Å². The summed E-state index contributed by atoms with van der Waals surface area (Å²) in [6.45, 7) is 1.23. The summed E-state index contributed by atoms with van der Waals surface area (Å²) in [5.41, 5.74) is 0.851. The summed E-state index contributed by atoms with van der Waals surface area (Å²) in [7, 11) is -4.23. The van der Waals surface area contributed by atoms with Gasteiger partial charge in [-0.25, -0.2) is 12.8 Å². The van der Waals surface area contributed by atoms with Gasteiger partial charge in [0, 0.05) is 5.56 Å². The second kappa shape index (κ2) is 9.41. The van der Waals surface area contributed by atoms with Crippen LogP contribution in [0.2, 0.25) is 0 Å². The van der Waals surface area contributed by atoms with Crippen molar-refractivity contribution in [2.45, 2.75) is 17.2 Å². The molecule has 0 amide bonds. The summed E-state index contributed by atoms with van der Waals surface area (Å²) in [6.07, 6.45) is -1.34. The van der Waals surface area contributed by atoms with Crippen molar-refractivity contribution in [3.8, 4) is 0 Å². The van der Waals surface area contributed by atoms with E-state index in [0.717, 1.165) is 12.1 Å². The van der Waals surface area contributed by atoms with Gasteiger partial charge in [0.1, 0.15) is 33.4 Å². The number of benzene rings is 2. The number of sulfonamides is 1. The first-order valence-corrected chi connectivity index (χ1v) is 12.5. The second-order valence-corrected chi connectivity index (χ2v) is 10.5. The first-order valence-electron chi connectivity index (χ1n) is 10.2. The second-order valence-electron chi connectivity index (χ2n) is 7.53. The Morgan fingerprint density at radius 3 is 2.29 bits per heavy atom. The predicted octanol–water partition coefficient (Wildman–Crippen LogP) is 3.34. The molecule has 2 aromatic carbocycles. The molecule has 180 valence electrons. The van der Waals surface area contributed by atoms with Crippen molar-refractivity contribution in [2.24, 2.45) is 0 Å². The quantitative estimate of drug-likeness (QED) is 0.0811. The molecule has 2 heterocycles. The van der Waals surface area contributed by atoms with Gasteiger partial charge in [-0.1, -0.05) is 24.3 Å². The minimum atomic E-state index is -4.23. The lowest BCUT2D eigenvalue weighted by Gasteiger charge is -2.11. The average molecular weight is 515 g/mol. The van der Waals surface area contributed by atoms with E-state index in [2.05, 4.69) is 10.6 Å². The topological polar surface area (TPSA) is 148 Å². The molecule has 1 aromatic heterocycles. The van der Waals surface area contributed by atoms with E-state index in [-0.39, 0.29) is 26.0 Å². The highest BCUT2D eigenvalue weighted by atomic mass is 32.2. The van der Waals surface area contributed by atoms with Crippen molar-refractivity contribution in [3.63, 3.8) is 0 Å². The Balaban J connectivity index is 1.74. The van der Waals surface area contributed by atoms with Crippen molar-refractivity contribution in [1.29, 1.82) is 5.41 Å². The molecule has 3 aromatic rings. The molecular formula is C23H19FN4O5S2. The van der Waals surface area contributed by atoms with Crippen LogP contribution in [0.5, 0.6) is 0 Å². The van der Waals surface area contributed by atoms with Gasteiger partial charge in [0.05, 0.1) is 16.3 Å². The first kappa shape index (κ1) is 24.3. The van der Waals surface area contributed by atoms with E-state index in [1.165, 1.54) is 31.2 Å². The zero-order valence-electron chi connectivity index (χ0n) is 18.1. The van der Waals surface area contributed by atoms with E-state index in [1.54, 1.807) is 24.3 Å². The van der Waals surface area contributed by atoms with E-state index < -0.39 is 39.3 Å². The summed E-state index contributed by atoms with van der Waals surface area (Å²) in [4.78, 5) is 26.8. The summed E-state index contributed by atoms with van der Waals surface area (Å²) < 4.78 is 40.5. The third-order valence-corrected chi connectivity index (χ3v) is 7.91. The van der Waals surface area contributed by atoms with Crippen molar-refractivity contribution in [2.75, 3.05) is 10.6 Å². The fourth-order valence-electron chi connectivity index (χ4n) is 3.22. The van der Waals surface area contributed by atoms with Gasteiger partial charge in [-0.15, -0.1) is 11.3 Å². The third-order valence-electron chi connectivity index (χ3n) is 4.97. The largest absolute Gasteiger partial charge is 0.385 e. The van der Waals surface area contributed by atoms with Gasteiger partial charge in [0.25, 0.3) is 10.0 Å². The summed E-state index contributed by atoms with van der Waals surface area (Å²) in [5.74, 6) is -2.74. The molecule has 0 aliphatic carbocycles. The minimum absolute atomic E-state index is 0.0585. The van der Waals surface area contributed by atoms with Crippen LogP contribution in [0.3, 0.4) is 0 Å². The van der Waals surface area contributed by atoms with Gasteiger partial charge in [0.15, 0.2) is 0 Å². The maximum atomic E-state index is 13.8. The van der Waals surface area contributed by atoms with Crippen molar-refractivity contribution >= 4 is 50.1 Å². The van der Waals surface area contributed by atoms with Gasteiger partial charge in [-0.3, -0.25) is 19.7 Å². The normalized spacial score (nSPS) is 13.3. The lowest BCUT2D eigenvalue weighted by atomic mass is 9.98. The molecule has 0 saturated heterocycles. The number of fused-ring (bicyclic) bond motifs is 1. The van der Waals surface area contributed by atoms with Gasteiger partial charge in [-0.05, 0) is 43.3 Å². The van der Waals surface area contributed by atoms with Crippen LogP contribution in [0, 0.1) is 11.2 Å². The molecular weight excluding hydrogens is 495 g/mol. The number of carbonyl (C=O) groups excluding carboxylic acids is 2. The number of ketones is 2. The fraction of sp³-hybridized carbons (Fsp3) is 0.0870. The smallest absolute Gasteiger partial charge is 0.272 e. The molecule has 0 saturated carbocycles. The van der Waals surface area contributed by atoms with Crippen molar-refractivity contribution in [1.82, 2.24) is 4.72 Å². The van der Waals surface area contributed by atoms with Crippen LogP contribution < -0.4 is 15.4 Å². The Hall–Kier alpha value is -3.87. The van der Waals surface area contributed by atoms with Crippen LogP contribution >= 0.6 is 11.3 Å². The number of anilines is 2. The molecule has 12 heteroatoms. The van der Waals surface area contributed by atoms with E-state index in [1.807, 2.05) is 4.72 Å². The number of hydrogen-bond acceptors (Lipinski definition) is 9. The maximum absolute atomic E-state index is 13.8. The highest BCUT2D eigenvalue weighted by Gasteiger charge is 2.31. The van der Waals surface area contributed by atoms with Gasteiger partial charge >= 0.3 is 0 Å². The highest BCUT2D eigenvalue weighted by molar-refractivity contribution is 7.92. The minimum Gasteiger partial charge on any atom is -0.385 e. The number of thiophene rings is 1. The molecule has 0 fully saturated rings. The van der Waals surface area contributed by atoms with E-state index in [0.29, 0.717) is 22.7 Å². The Bertz CT molecular complexity index is 1470. The number of carbonyl (C=O) groups is 2. The zero-order valence-corrected chi connectivity index (χ0v) is 19.8. The molecule has 9 nitrogen and oxygen atoms in total. The number of halogens is 1. The van der Waals surface area contributed by atoms with Crippen molar-refractivity contribution < 1.29 is 27.5 Å².